The van der Waals surface area contributed by atoms with Crippen LogP contribution in [0.25, 0.3) is 0 Å². The lowest BCUT2D eigenvalue weighted by Gasteiger charge is -2.32. The summed E-state index contributed by atoms with van der Waals surface area (Å²) in [5.74, 6) is -0.385. The maximum atomic E-state index is 13.1. The number of halogens is 1. The van der Waals surface area contributed by atoms with Gasteiger partial charge in [0.2, 0.25) is 5.91 Å². The molecule has 1 aliphatic heterocycles. The second-order valence-electron chi connectivity index (χ2n) is 8.72. The molecule has 6 nitrogen and oxygen atoms in total. The number of nitrogens with two attached hydrogens (primary N) is 1. The molecule has 0 bridgehead atoms. The Hall–Kier alpha value is -2.91. The Kier molecular flexibility index (Phi) is 9.35. The van der Waals surface area contributed by atoms with E-state index in [0.29, 0.717) is 39.3 Å². The molecule has 8 heteroatoms. The molecule has 1 aliphatic rings. The highest BCUT2D eigenvalue weighted by Gasteiger charge is 2.24. The predicted molar refractivity (Wildman–Crippen MR) is 143 cm³/mol. The molecule has 0 radical (unpaired) electrons. The first-order valence-corrected chi connectivity index (χ1v) is 13.0. The molecule has 4 rings (SSSR count). The Morgan fingerprint density at radius 2 is 1.67 bits per heavy atom. The van der Waals surface area contributed by atoms with E-state index in [9.17, 15) is 9.18 Å². The topological polar surface area (TPSA) is 70.8 Å². The van der Waals surface area contributed by atoms with Crippen molar-refractivity contribution in [1.82, 2.24) is 10.2 Å². The molecular formula is C28H33FN4O2S. The van der Waals surface area contributed by atoms with Crippen LogP contribution in [0.5, 0.6) is 0 Å². The van der Waals surface area contributed by atoms with Gasteiger partial charge in [-0.15, -0.1) is 0 Å². The summed E-state index contributed by atoms with van der Waals surface area (Å²) in [6, 6.07) is 22.6. The van der Waals surface area contributed by atoms with Crippen molar-refractivity contribution in [3.8, 4) is 0 Å². The molecule has 1 amide bonds. The number of benzene rings is 3. The van der Waals surface area contributed by atoms with Crippen molar-refractivity contribution in [2.24, 2.45) is 5.73 Å². The lowest BCUT2D eigenvalue weighted by molar-refractivity contribution is -0.126. The molecule has 0 aliphatic carbocycles. The number of nitrogens with zero attached hydrogens (tertiary/aromatic N) is 2. The maximum Gasteiger partial charge on any atom is 0.237 e. The normalized spacial score (nSPS) is 13.3. The maximum absolute atomic E-state index is 13.1. The standard InChI is InChI=1S/C28H33FN4O2S/c1-32(25(14-15-30)28(34)31-20-21-10-12-22(29)13-11-21)16-18-35-19-17-33-23-6-2-4-8-26(23)36-27-9-5-3-7-24(27)33/h2-13,25H,14-20,30H2,1H3,(H,31,34). The summed E-state index contributed by atoms with van der Waals surface area (Å²) in [5.41, 5.74) is 9.02. The van der Waals surface area contributed by atoms with Crippen LogP contribution in [-0.4, -0.2) is 56.7 Å². The van der Waals surface area contributed by atoms with Crippen molar-refractivity contribution in [2.45, 2.75) is 28.8 Å². The molecule has 190 valence electrons. The number of fused-ring (bicyclic) bond motifs is 2. The number of carbonyl (C=O) groups is 1. The largest absolute Gasteiger partial charge is 0.378 e. The van der Waals surface area contributed by atoms with Gasteiger partial charge in [-0.3, -0.25) is 9.69 Å². The van der Waals surface area contributed by atoms with Gasteiger partial charge in [0.15, 0.2) is 0 Å². The smallest absolute Gasteiger partial charge is 0.237 e. The first-order chi connectivity index (χ1) is 17.6. The van der Waals surface area contributed by atoms with Crippen LogP contribution in [0.1, 0.15) is 12.0 Å². The van der Waals surface area contributed by atoms with Gasteiger partial charge in [0.05, 0.1) is 30.6 Å². The fraction of sp³-hybridized carbons (Fsp3) is 0.321. The van der Waals surface area contributed by atoms with E-state index in [0.717, 1.165) is 12.1 Å². The number of nitrogens with one attached hydrogen (secondary N) is 1. The molecule has 1 heterocycles. The first-order valence-electron chi connectivity index (χ1n) is 12.2. The lowest BCUT2D eigenvalue weighted by atomic mass is 10.1. The number of anilines is 2. The quantitative estimate of drug-likeness (QED) is 0.353. The third kappa shape index (κ3) is 6.64. The molecule has 3 N–H and O–H groups in total. The minimum Gasteiger partial charge on any atom is -0.378 e. The summed E-state index contributed by atoms with van der Waals surface area (Å²) in [6.45, 7) is 3.18. The minimum absolute atomic E-state index is 0.0914. The van der Waals surface area contributed by atoms with Crippen LogP contribution >= 0.6 is 11.8 Å². The zero-order valence-electron chi connectivity index (χ0n) is 20.5. The average Bonchev–Trinajstić information content (AvgIpc) is 2.90. The van der Waals surface area contributed by atoms with Crippen molar-refractivity contribution in [1.29, 1.82) is 0 Å². The van der Waals surface area contributed by atoms with Crippen LogP contribution in [0.2, 0.25) is 0 Å². The molecule has 1 atom stereocenters. The number of hydrogen-bond acceptors (Lipinski definition) is 6. The number of carbonyl (C=O) groups excluding carboxylic acids is 1. The summed E-state index contributed by atoms with van der Waals surface area (Å²) in [7, 11) is 1.91. The van der Waals surface area contributed by atoms with E-state index in [1.54, 1.807) is 23.9 Å². The Labute approximate surface area is 216 Å². The summed E-state index contributed by atoms with van der Waals surface area (Å²) in [5, 5.41) is 2.94. The molecule has 0 fully saturated rings. The Morgan fingerprint density at radius 3 is 2.31 bits per heavy atom. The fourth-order valence-electron chi connectivity index (χ4n) is 4.26. The molecule has 0 spiro atoms. The van der Waals surface area contributed by atoms with Gasteiger partial charge in [0, 0.05) is 29.4 Å². The Balaban J connectivity index is 1.26. The van der Waals surface area contributed by atoms with Crippen molar-refractivity contribution < 1.29 is 13.9 Å². The summed E-state index contributed by atoms with van der Waals surface area (Å²) < 4.78 is 19.1. The first kappa shape index (κ1) is 26.2. The van der Waals surface area contributed by atoms with Gasteiger partial charge in [-0.05, 0) is 62.0 Å². The monoisotopic (exact) mass is 508 g/mol. The molecule has 3 aromatic rings. The van der Waals surface area contributed by atoms with E-state index >= 15 is 0 Å². The van der Waals surface area contributed by atoms with Crippen molar-refractivity contribution in [3.63, 3.8) is 0 Å². The van der Waals surface area contributed by atoms with Crippen molar-refractivity contribution in [3.05, 3.63) is 84.2 Å². The van der Waals surface area contributed by atoms with Crippen LogP contribution in [0.15, 0.2) is 82.6 Å². The van der Waals surface area contributed by atoms with E-state index in [1.165, 1.54) is 33.3 Å². The van der Waals surface area contributed by atoms with E-state index in [4.69, 9.17) is 10.5 Å². The highest BCUT2D eigenvalue weighted by Crippen LogP contribution is 2.47. The van der Waals surface area contributed by atoms with Gasteiger partial charge in [-0.2, -0.15) is 0 Å². The van der Waals surface area contributed by atoms with Crippen molar-refractivity contribution >= 4 is 29.0 Å². The second-order valence-corrected chi connectivity index (χ2v) is 9.80. The van der Waals surface area contributed by atoms with E-state index in [-0.39, 0.29) is 17.8 Å². The van der Waals surface area contributed by atoms with E-state index in [2.05, 4.69) is 58.7 Å². The zero-order chi connectivity index (χ0) is 25.3. The number of ether oxygens (including phenoxy) is 1. The van der Waals surface area contributed by atoms with Crippen molar-refractivity contribution in [2.75, 3.05) is 44.8 Å². The number of amides is 1. The third-order valence-electron chi connectivity index (χ3n) is 6.23. The molecule has 3 aromatic carbocycles. The number of likely N-dealkylation sites (N-methyl/N-ethyl adjacent to an activating group) is 1. The molecule has 0 aromatic heterocycles. The van der Waals surface area contributed by atoms with Gasteiger partial charge >= 0.3 is 0 Å². The Bertz CT molecular complexity index is 1100. The van der Waals surface area contributed by atoms with E-state index < -0.39 is 0 Å². The molecule has 0 saturated heterocycles. The number of para-hydroxylation sites is 2. The van der Waals surface area contributed by atoms with E-state index in [1.807, 2.05) is 11.9 Å². The average molecular weight is 509 g/mol. The van der Waals surface area contributed by atoms with Gasteiger partial charge in [0.1, 0.15) is 5.82 Å². The molecular weight excluding hydrogens is 475 g/mol. The Morgan fingerprint density at radius 1 is 1.03 bits per heavy atom. The van der Waals surface area contributed by atoms with Crippen LogP contribution in [0, 0.1) is 5.82 Å². The second kappa shape index (κ2) is 12.9. The zero-order valence-corrected chi connectivity index (χ0v) is 21.3. The summed E-state index contributed by atoms with van der Waals surface area (Å²) >= 11 is 1.79. The van der Waals surface area contributed by atoms with Gasteiger partial charge in [0.25, 0.3) is 0 Å². The predicted octanol–water partition coefficient (Wildman–Crippen LogP) is 4.41. The summed E-state index contributed by atoms with van der Waals surface area (Å²) in [6.07, 6.45) is 0.546. The highest BCUT2D eigenvalue weighted by molar-refractivity contribution is 7.99. The van der Waals surface area contributed by atoms with Crippen LogP contribution in [0.3, 0.4) is 0 Å². The third-order valence-corrected chi connectivity index (χ3v) is 7.36. The van der Waals surface area contributed by atoms with Gasteiger partial charge in [-0.25, -0.2) is 4.39 Å². The summed E-state index contributed by atoms with van der Waals surface area (Å²) in [4.78, 5) is 19.6. The lowest BCUT2D eigenvalue weighted by Crippen LogP contribution is -2.47. The van der Waals surface area contributed by atoms with Crippen LogP contribution in [0.4, 0.5) is 15.8 Å². The highest BCUT2D eigenvalue weighted by atomic mass is 32.2. The van der Waals surface area contributed by atoms with Crippen LogP contribution < -0.4 is 16.0 Å². The van der Waals surface area contributed by atoms with Crippen LogP contribution in [-0.2, 0) is 16.1 Å². The van der Waals surface area contributed by atoms with Gasteiger partial charge < -0.3 is 20.7 Å². The SMILES string of the molecule is CN(CCOCCN1c2ccccc2Sc2ccccc21)C(CCN)C(=O)NCc1ccc(F)cc1. The van der Waals surface area contributed by atoms with Gasteiger partial charge in [-0.1, -0.05) is 48.2 Å². The fourth-order valence-corrected chi connectivity index (χ4v) is 5.36. The molecule has 0 saturated carbocycles. The number of rotatable bonds is 12. The number of hydrogen-bond donors (Lipinski definition) is 2. The molecule has 1 unspecified atom stereocenters. The molecule has 36 heavy (non-hydrogen) atoms. The minimum atomic E-state index is -0.350.